The van der Waals surface area contributed by atoms with Crippen molar-refractivity contribution < 1.29 is 9.13 Å². The van der Waals surface area contributed by atoms with Gasteiger partial charge in [0.2, 0.25) is 0 Å². The van der Waals surface area contributed by atoms with Gasteiger partial charge in [-0.2, -0.15) is 0 Å². The molecule has 0 saturated heterocycles. The van der Waals surface area contributed by atoms with Gasteiger partial charge in [-0.1, -0.05) is 15.9 Å². The van der Waals surface area contributed by atoms with Gasteiger partial charge in [0.15, 0.2) is 0 Å². The Morgan fingerprint density at radius 3 is 2.88 bits per heavy atom. The van der Waals surface area contributed by atoms with E-state index < -0.39 is 0 Å². The lowest BCUT2D eigenvalue weighted by molar-refractivity contribution is 0.322. The summed E-state index contributed by atoms with van der Waals surface area (Å²) in [5.74, 6) is 0.413. The van der Waals surface area contributed by atoms with Gasteiger partial charge in [0.25, 0.3) is 0 Å². The molecule has 1 aromatic heterocycles. The molecule has 17 heavy (non-hydrogen) atoms. The lowest BCUT2D eigenvalue weighted by atomic mass is 10.2. The number of nitrogens with zero attached hydrogens (tertiary/aromatic N) is 1. The molecule has 0 aliphatic heterocycles. The van der Waals surface area contributed by atoms with Crippen LogP contribution >= 0.6 is 32.9 Å². The molecule has 92 valence electrons. The van der Waals surface area contributed by atoms with Crippen molar-refractivity contribution in [1.82, 2.24) is 4.98 Å². The fourth-order valence-corrected chi connectivity index (χ4v) is 1.68. The molecular weight excluding hydrogens is 353 g/mol. The van der Waals surface area contributed by atoms with Gasteiger partial charge in [0, 0.05) is 16.9 Å². The van der Waals surface area contributed by atoms with Crippen molar-refractivity contribution in [2.24, 2.45) is 0 Å². The van der Waals surface area contributed by atoms with E-state index in [4.69, 9.17) is 4.74 Å². The average molecular weight is 365 g/mol. The highest BCUT2D eigenvalue weighted by molar-refractivity contribution is 9.09. The van der Waals surface area contributed by atoms with E-state index in [9.17, 15) is 4.39 Å². The molecule has 0 amide bonds. The second-order valence-electron chi connectivity index (χ2n) is 3.36. The molecule has 0 saturated carbocycles. The molecule has 0 unspecified atom stereocenters. The van der Waals surface area contributed by atoms with Crippen LogP contribution in [0.2, 0.25) is 0 Å². The van der Waals surface area contributed by atoms with Crippen molar-refractivity contribution in [3.8, 4) is 5.75 Å². The number of alkyl halides is 1. The van der Waals surface area contributed by atoms with Gasteiger partial charge in [-0.05, 0) is 30.7 Å². The first-order chi connectivity index (χ1) is 7.81. The lowest BCUT2D eigenvalue weighted by Crippen LogP contribution is -1.98. The molecule has 2 rings (SSSR count). The smallest absolute Gasteiger partial charge is 0.130 e. The van der Waals surface area contributed by atoms with E-state index in [1.807, 2.05) is 0 Å². The maximum Gasteiger partial charge on any atom is 0.130 e. The Balaban J connectivity index is 0.00000144. The molecular formula is C12H12Br2FNO. The van der Waals surface area contributed by atoms with Crippen molar-refractivity contribution in [2.75, 3.05) is 11.9 Å². The zero-order valence-corrected chi connectivity index (χ0v) is 12.3. The first-order valence-electron chi connectivity index (χ1n) is 5.04. The Morgan fingerprint density at radius 1 is 1.29 bits per heavy atom. The van der Waals surface area contributed by atoms with Crippen molar-refractivity contribution in [3.63, 3.8) is 0 Å². The normalized spacial score (nSPS) is 10.0. The molecule has 0 fully saturated rings. The van der Waals surface area contributed by atoms with Gasteiger partial charge in [0.05, 0.1) is 12.1 Å². The van der Waals surface area contributed by atoms with Crippen LogP contribution in [0.4, 0.5) is 4.39 Å². The van der Waals surface area contributed by atoms with E-state index in [1.165, 1.54) is 12.1 Å². The zero-order chi connectivity index (χ0) is 11.4. The molecule has 0 atom stereocenters. The summed E-state index contributed by atoms with van der Waals surface area (Å²) in [6, 6.07) is 6.27. The van der Waals surface area contributed by atoms with Gasteiger partial charge in [-0.15, -0.1) is 17.0 Å². The minimum absolute atomic E-state index is 0. The van der Waals surface area contributed by atoms with Gasteiger partial charge >= 0.3 is 0 Å². The molecule has 1 heterocycles. The van der Waals surface area contributed by atoms with E-state index in [1.54, 1.807) is 18.3 Å². The lowest BCUT2D eigenvalue weighted by Gasteiger charge is -2.07. The Morgan fingerprint density at radius 2 is 2.12 bits per heavy atom. The highest BCUT2D eigenvalue weighted by Gasteiger charge is 2.03. The Bertz CT molecular complexity index is 493. The SMILES string of the molecule is Br.Fc1ccc2nccc(OCCCBr)c2c1. The number of hydrogen-bond acceptors (Lipinski definition) is 2. The summed E-state index contributed by atoms with van der Waals surface area (Å²) in [5, 5.41) is 1.61. The fraction of sp³-hybridized carbons (Fsp3) is 0.250. The summed E-state index contributed by atoms with van der Waals surface area (Å²) >= 11 is 3.33. The third-order valence-corrected chi connectivity index (χ3v) is 2.76. The predicted octanol–water partition coefficient (Wildman–Crippen LogP) is 4.12. The quantitative estimate of drug-likeness (QED) is 0.601. The van der Waals surface area contributed by atoms with Crippen molar-refractivity contribution in [3.05, 3.63) is 36.3 Å². The first kappa shape index (κ1) is 14.4. The number of rotatable bonds is 4. The second kappa shape index (κ2) is 6.91. The summed E-state index contributed by atoms with van der Waals surface area (Å²) in [6.07, 6.45) is 2.59. The highest BCUT2D eigenvalue weighted by atomic mass is 79.9. The number of benzene rings is 1. The van der Waals surface area contributed by atoms with Crippen LogP contribution in [0.25, 0.3) is 10.9 Å². The summed E-state index contributed by atoms with van der Waals surface area (Å²) < 4.78 is 18.7. The summed E-state index contributed by atoms with van der Waals surface area (Å²) in [7, 11) is 0. The van der Waals surface area contributed by atoms with Crippen molar-refractivity contribution in [2.45, 2.75) is 6.42 Å². The maximum absolute atomic E-state index is 13.1. The van der Waals surface area contributed by atoms with Gasteiger partial charge in [0.1, 0.15) is 11.6 Å². The van der Waals surface area contributed by atoms with Crippen LogP contribution < -0.4 is 4.74 Å². The molecule has 2 nitrogen and oxygen atoms in total. The number of pyridine rings is 1. The molecule has 0 spiro atoms. The van der Waals surface area contributed by atoms with Crippen LogP contribution in [0.5, 0.6) is 5.75 Å². The van der Waals surface area contributed by atoms with Gasteiger partial charge in [-0.3, -0.25) is 4.98 Å². The second-order valence-corrected chi connectivity index (χ2v) is 4.15. The van der Waals surface area contributed by atoms with Crippen LogP contribution in [0.3, 0.4) is 0 Å². The average Bonchev–Trinajstić information content (AvgIpc) is 2.30. The zero-order valence-electron chi connectivity index (χ0n) is 9.03. The third kappa shape index (κ3) is 3.64. The van der Waals surface area contributed by atoms with Crippen LogP contribution in [0, 0.1) is 5.82 Å². The minimum Gasteiger partial charge on any atom is -0.493 e. The molecule has 0 N–H and O–H groups in total. The first-order valence-corrected chi connectivity index (χ1v) is 6.16. The molecule has 5 heteroatoms. The van der Waals surface area contributed by atoms with Crippen molar-refractivity contribution >= 4 is 43.8 Å². The number of halogens is 3. The Hall–Kier alpha value is -0.680. The van der Waals surface area contributed by atoms with E-state index in [0.717, 1.165) is 22.7 Å². The Kier molecular flexibility index (Phi) is 5.85. The van der Waals surface area contributed by atoms with Gasteiger partial charge < -0.3 is 4.74 Å². The summed E-state index contributed by atoms with van der Waals surface area (Å²) in [4.78, 5) is 4.16. The number of aromatic nitrogens is 1. The molecule has 0 aliphatic rings. The van der Waals surface area contributed by atoms with E-state index in [-0.39, 0.29) is 22.8 Å². The molecule has 0 radical (unpaired) electrons. The van der Waals surface area contributed by atoms with E-state index >= 15 is 0 Å². The molecule has 2 aromatic rings. The fourth-order valence-electron chi connectivity index (χ4n) is 1.46. The topological polar surface area (TPSA) is 22.1 Å². The van der Waals surface area contributed by atoms with E-state index in [0.29, 0.717) is 12.4 Å². The number of fused-ring (bicyclic) bond motifs is 1. The van der Waals surface area contributed by atoms with Gasteiger partial charge in [-0.25, -0.2) is 4.39 Å². The maximum atomic E-state index is 13.1. The van der Waals surface area contributed by atoms with Crippen LogP contribution in [-0.2, 0) is 0 Å². The van der Waals surface area contributed by atoms with Crippen molar-refractivity contribution in [1.29, 1.82) is 0 Å². The monoisotopic (exact) mass is 363 g/mol. The highest BCUT2D eigenvalue weighted by Crippen LogP contribution is 2.24. The van der Waals surface area contributed by atoms with Crippen LogP contribution in [-0.4, -0.2) is 16.9 Å². The number of ether oxygens (including phenoxy) is 1. The molecule has 0 aliphatic carbocycles. The molecule has 1 aromatic carbocycles. The largest absolute Gasteiger partial charge is 0.493 e. The minimum atomic E-state index is -0.272. The molecule has 0 bridgehead atoms. The summed E-state index contributed by atoms with van der Waals surface area (Å²) in [5.41, 5.74) is 0.748. The summed E-state index contributed by atoms with van der Waals surface area (Å²) in [6.45, 7) is 0.612. The Labute approximate surface area is 118 Å². The van der Waals surface area contributed by atoms with E-state index in [2.05, 4.69) is 20.9 Å². The predicted molar refractivity (Wildman–Crippen MR) is 75.9 cm³/mol. The van der Waals surface area contributed by atoms with Crippen LogP contribution in [0.1, 0.15) is 6.42 Å². The van der Waals surface area contributed by atoms with Crippen LogP contribution in [0.15, 0.2) is 30.5 Å². The standard InChI is InChI=1S/C12H11BrFNO.BrH/c13-5-1-7-16-12-4-6-15-11-3-2-9(14)8-10(11)12;/h2-4,6,8H,1,5,7H2;1H. The number of hydrogen-bond donors (Lipinski definition) is 0. The third-order valence-electron chi connectivity index (χ3n) is 2.20.